The standard InChI is InChI=1S/C13H13F2NO3/c14-10-4-9(5-11(15)6-10)13(19)16-2-1-8(7-16)3-12(17)18/h4-6,8H,1-3,7H2,(H,17,18). The number of benzene rings is 1. The molecule has 1 saturated heterocycles. The molecule has 1 aromatic rings. The minimum Gasteiger partial charge on any atom is -0.481 e. The van der Waals surface area contributed by atoms with Gasteiger partial charge in [0.2, 0.25) is 0 Å². The van der Waals surface area contributed by atoms with Crippen LogP contribution >= 0.6 is 0 Å². The molecule has 1 heterocycles. The van der Waals surface area contributed by atoms with E-state index in [4.69, 9.17) is 5.11 Å². The minimum atomic E-state index is -0.906. The van der Waals surface area contributed by atoms with E-state index in [1.165, 1.54) is 4.90 Å². The SMILES string of the molecule is O=C(O)CC1CCN(C(=O)c2cc(F)cc(F)c2)C1. The highest BCUT2D eigenvalue weighted by atomic mass is 19.1. The van der Waals surface area contributed by atoms with Gasteiger partial charge in [-0.05, 0) is 24.5 Å². The van der Waals surface area contributed by atoms with Crippen molar-refractivity contribution >= 4 is 11.9 Å². The van der Waals surface area contributed by atoms with Crippen LogP contribution in [0.25, 0.3) is 0 Å². The van der Waals surface area contributed by atoms with Gasteiger partial charge in [0, 0.05) is 31.1 Å². The lowest BCUT2D eigenvalue weighted by atomic mass is 10.1. The predicted octanol–water partition coefficient (Wildman–Crippen LogP) is 1.90. The first-order valence-electron chi connectivity index (χ1n) is 5.93. The van der Waals surface area contributed by atoms with Crippen molar-refractivity contribution in [3.8, 4) is 0 Å². The molecular formula is C13H13F2NO3. The van der Waals surface area contributed by atoms with Gasteiger partial charge in [0.05, 0.1) is 0 Å². The van der Waals surface area contributed by atoms with Crippen molar-refractivity contribution in [3.63, 3.8) is 0 Å². The lowest BCUT2D eigenvalue weighted by Crippen LogP contribution is -2.29. The Bertz CT molecular complexity index is 498. The molecule has 0 saturated carbocycles. The molecular weight excluding hydrogens is 256 g/mol. The summed E-state index contributed by atoms with van der Waals surface area (Å²) in [4.78, 5) is 24.0. The van der Waals surface area contributed by atoms with E-state index in [1.807, 2.05) is 0 Å². The molecule has 0 aliphatic carbocycles. The molecule has 102 valence electrons. The first kappa shape index (κ1) is 13.5. The summed E-state index contributed by atoms with van der Waals surface area (Å²) in [6, 6.07) is 2.67. The summed E-state index contributed by atoms with van der Waals surface area (Å²) >= 11 is 0. The minimum absolute atomic E-state index is 0.00128. The summed E-state index contributed by atoms with van der Waals surface area (Å²) in [5.41, 5.74) is -0.0477. The monoisotopic (exact) mass is 269 g/mol. The Morgan fingerprint density at radius 2 is 1.89 bits per heavy atom. The van der Waals surface area contributed by atoms with Crippen LogP contribution in [0.5, 0.6) is 0 Å². The second kappa shape index (κ2) is 5.34. The number of carboxylic acids is 1. The molecule has 0 aromatic heterocycles. The van der Waals surface area contributed by atoms with Gasteiger partial charge in [0.25, 0.3) is 5.91 Å². The third kappa shape index (κ3) is 3.27. The molecule has 1 unspecified atom stereocenters. The number of carbonyl (C=O) groups is 2. The zero-order valence-electron chi connectivity index (χ0n) is 10.1. The number of hydrogen-bond donors (Lipinski definition) is 1. The van der Waals surface area contributed by atoms with Crippen LogP contribution in [0.2, 0.25) is 0 Å². The summed E-state index contributed by atoms with van der Waals surface area (Å²) in [6.07, 6.45) is 0.594. The Morgan fingerprint density at radius 1 is 1.26 bits per heavy atom. The van der Waals surface area contributed by atoms with Crippen molar-refractivity contribution in [2.45, 2.75) is 12.8 Å². The molecule has 0 spiro atoms. The smallest absolute Gasteiger partial charge is 0.303 e. The van der Waals surface area contributed by atoms with Crippen LogP contribution in [-0.4, -0.2) is 35.0 Å². The van der Waals surface area contributed by atoms with Gasteiger partial charge in [-0.25, -0.2) is 8.78 Å². The van der Waals surface area contributed by atoms with Crippen molar-refractivity contribution in [2.75, 3.05) is 13.1 Å². The summed E-state index contributed by atoms with van der Waals surface area (Å²) in [7, 11) is 0. The van der Waals surface area contributed by atoms with E-state index in [0.717, 1.165) is 12.1 Å². The number of halogens is 2. The van der Waals surface area contributed by atoms with Gasteiger partial charge in [0.1, 0.15) is 11.6 Å². The fraction of sp³-hybridized carbons (Fsp3) is 0.385. The number of amides is 1. The van der Waals surface area contributed by atoms with E-state index in [0.29, 0.717) is 25.6 Å². The lowest BCUT2D eigenvalue weighted by Gasteiger charge is -2.16. The fourth-order valence-corrected chi connectivity index (χ4v) is 2.29. The molecule has 1 fully saturated rings. The number of aliphatic carboxylic acids is 1. The quantitative estimate of drug-likeness (QED) is 0.911. The largest absolute Gasteiger partial charge is 0.481 e. The molecule has 1 aromatic carbocycles. The average Bonchev–Trinajstić information content (AvgIpc) is 2.74. The Labute approximate surface area is 108 Å². The number of carbonyl (C=O) groups excluding carboxylic acids is 1. The van der Waals surface area contributed by atoms with Crippen LogP contribution in [-0.2, 0) is 4.79 Å². The first-order chi connectivity index (χ1) is 8.95. The first-order valence-corrected chi connectivity index (χ1v) is 5.93. The maximum Gasteiger partial charge on any atom is 0.303 e. The molecule has 6 heteroatoms. The zero-order chi connectivity index (χ0) is 14.0. The summed E-state index contributed by atoms with van der Waals surface area (Å²) in [5, 5.41) is 8.69. The van der Waals surface area contributed by atoms with Gasteiger partial charge >= 0.3 is 5.97 Å². The molecule has 4 nitrogen and oxygen atoms in total. The summed E-state index contributed by atoms with van der Waals surface area (Å²) in [6.45, 7) is 0.720. The number of likely N-dealkylation sites (tertiary alicyclic amines) is 1. The predicted molar refractivity (Wildman–Crippen MR) is 62.6 cm³/mol. The van der Waals surface area contributed by atoms with E-state index in [9.17, 15) is 18.4 Å². The highest BCUT2D eigenvalue weighted by Gasteiger charge is 2.28. The van der Waals surface area contributed by atoms with Gasteiger partial charge in [-0.15, -0.1) is 0 Å². The van der Waals surface area contributed by atoms with Gasteiger partial charge in [0.15, 0.2) is 0 Å². The van der Waals surface area contributed by atoms with Crippen LogP contribution in [0.15, 0.2) is 18.2 Å². The summed E-state index contributed by atoms with van der Waals surface area (Å²) < 4.78 is 26.1. The Balaban J connectivity index is 2.06. The lowest BCUT2D eigenvalue weighted by molar-refractivity contribution is -0.138. The van der Waals surface area contributed by atoms with Crippen LogP contribution in [0.3, 0.4) is 0 Å². The number of carboxylic acid groups (broad SMARTS) is 1. The van der Waals surface area contributed by atoms with Crippen LogP contribution < -0.4 is 0 Å². The average molecular weight is 269 g/mol. The second-order valence-corrected chi connectivity index (χ2v) is 4.66. The van der Waals surface area contributed by atoms with Crippen molar-refractivity contribution in [1.29, 1.82) is 0 Å². The van der Waals surface area contributed by atoms with E-state index in [2.05, 4.69) is 0 Å². The molecule has 0 bridgehead atoms. The van der Waals surface area contributed by atoms with Gasteiger partial charge in [-0.2, -0.15) is 0 Å². The van der Waals surface area contributed by atoms with Gasteiger partial charge in [-0.3, -0.25) is 9.59 Å². The molecule has 0 radical (unpaired) electrons. The van der Waals surface area contributed by atoms with Crippen molar-refractivity contribution in [3.05, 3.63) is 35.4 Å². The Morgan fingerprint density at radius 3 is 2.47 bits per heavy atom. The van der Waals surface area contributed by atoms with E-state index >= 15 is 0 Å². The van der Waals surface area contributed by atoms with Crippen molar-refractivity contribution in [2.24, 2.45) is 5.92 Å². The van der Waals surface area contributed by atoms with E-state index in [-0.39, 0.29) is 17.9 Å². The highest BCUT2D eigenvalue weighted by molar-refractivity contribution is 5.94. The van der Waals surface area contributed by atoms with E-state index < -0.39 is 23.5 Å². The third-order valence-corrected chi connectivity index (χ3v) is 3.15. The fourth-order valence-electron chi connectivity index (χ4n) is 2.29. The maximum absolute atomic E-state index is 13.0. The van der Waals surface area contributed by atoms with E-state index in [1.54, 1.807) is 0 Å². The molecule has 1 aliphatic rings. The summed E-state index contributed by atoms with van der Waals surface area (Å²) in [5.74, 6) is -3.07. The third-order valence-electron chi connectivity index (χ3n) is 3.15. The van der Waals surface area contributed by atoms with Crippen molar-refractivity contribution in [1.82, 2.24) is 4.90 Å². The molecule has 1 amide bonds. The molecule has 1 N–H and O–H groups in total. The highest BCUT2D eigenvalue weighted by Crippen LogP contribution is 2.22. The maximum atomic E-state index is 13.0. The number of rotatable bonds is 3. The zero-order valence-corrected chi connectivity index (χ0v) is 10.1. The molecule has 19 heavy (non-hydrogen) atoms. The Kier molecular flexibility index (Phi) is 3.78. The second-order valence-electron chi connectivity index (χ2n) is 4.66. The topological polar surface area (TPSA) is 57.6 Å². The van der Waals surface area contributed by atoms with Crippen LogP contribution in [0.4, 0.5) is 8.78 Å². The van der Waals surface area contributed by atoms with Crippen molar-refractivity contribution < 1.29 is 23.5 Å². The number of nitrogens with zero attached hydrogens (tertiary/aromatic N) is 1. The van der Waals surface area contributed by atoms with Crippen LogP contribution in [0.1, 0.15) is 23.2 Å². The molecule has 2 rings (SSSR count). The molecule has 1 atom stereocenters. The Hall–Kier alpha value is -1.98. The van der Waals surface area contributed by atoms with Gasteiger partial charge < -0.3 is 10.0 Å². The normalized spacial score (nSPS) is 18.6. The number of hydrogen-bond acceptors (Lipinski definition) is 2. The molecule has 1 aliphatic heterocycles. The van der Waals surface area contributed by atoms with Gasteiger partial charge in [-0.1, -0.05) is 0 Å². The van der Waals surface area contributed by atoms with Crippen LogP contribution in [0, 0.1) is 17.6 Å².